The quantitative estimate of drug-likeness (QED) is 0.389. The number of ether oxygens (including phenoxy) is 1. The largest absolute Gasteiger partial charge is 0.375 e. The van der Waals surface area contributed by atoms with Crippen LogP contribution in [0.5, 0.6) is 0 Å². The van der Waals surface area contributed by atoms with Crippen LogP contribution in [0.15, 0.2) is 58.3 Å². The second kappa shape index (κ2) is 10.7. The van der Waals surface area contributed by atoms with E-state index in [-0.39, 0.29) is 23.0 Å². The summed E-state index contributed by atoms with van der Waals surface area (Å²) in [6, 6.07) is 12.9. The smallest absolute Gasteiger partial charge is 0.297 e. The average Bonchev–Trinajstić information content (AvgIpc) is 2.67. The van der Waals surface area contributed by atoms with E-state index in [1.165, 1.54) is 24.3 Å². The molecule has 0 saturated heterocycles. The van der Waals surface area contributed by atoms with Crippen molar-refractivity contribution >= 4 is 20.2 Å². The van der Waals surface area contributed by atoms with E-state index >= 15 is 0 Å². The van der Waals surface area contributed by atoms with Crippen molar-refractivity contribution in [2.24, 2.45) is 0 Å². The number of aryl methyl sites for hydroxylation is 2. The molecule has 0 aliphatic heterocycles. The Balaban J connectivity index is 1.84. The van der Waals surface area contributed by atoms with Gasteiger partial charge in [0.25, 0.3) is 20.2 Å². The molecule has 2 aromatic rings. The van der Waals surface area contributed by atoms with E-state index in [1.54, 1.807) is 38.1 Å². The zero-order valence-corrected chi connectivity index (χ0v) is 21.8. The maximum absolute atomic E-state index is 12.6. The lowest BCUT2D eigenvalue weighted by Gasteiger charge is -2.29. The topological polar surface area (TPSA) is 96.0 Å². The first kappa shape index (κ1) is 27.5. The molecule has 0 aliphatic rings. The van der Waals surface area contributed by atoms with Crippen LogP contribution < -0.4 is 0 Å². The molecule has 2 rings (SSSR count). The Morgan fingerprint density at radius 3 is 1.55 bits per heavy atom. The van der Waals surface area contributed by atoms with E-state index < -0.39 is 31.4 Å². The fraction of sp³-hybridized carbons (Fsp3) is 0.500. The molecule has 0 atom stereocenters. The zero-order chi connectivity index (χ0) is 24.9. The Bertz CT molecular complexity index is 1120. The average molecular weight is 499 g/mol. The molecule has 0 unspecified atom stereocenters. The summed E-state index contributed by atoms with van der Waals surface area (Å²) in [5, 5.41) is 0. The highest BCUT2D eigenvalue weighted by molar-refractivity contribution is 7.87. The van der Waals surface area contributed by atoms with E-state index in [2.05, 4.69) is 0 Å². The first-order valence-electron chi connectivity index (χ1n) is 10.7. The number of benzene rings is 2. The molecular formula is C24H34O7S2. The highest BCUT2D eigenvalue weighted by atomic mass is 32.2. The maximum atomic E-state index is 12.6. The van der Waals surface area contributed by atoms with Crippen LogP contribution in [0.3, 0.4) is 0 Å². The number of hydrogen-bond acceptors (Lipinski definition) is 7. The lowest BCUT2D eigenvalue weighted by molar-refractivity contribution is -0.0489. The summed E-state index contributed by atoms with van der Waals surface area (Å²) in [5.74, 6) is 0. The summed E-state index contributed by atoms with van der Waals surface area (Å²) in [5.41, 5.74) is 0.265. The monoisotopic (exact) mass is 498 g/mol. The van der Waals surface area contributed by atoms with Gasteiger partial charge in [-0.15, -0.1) is 0 Å². The molecule has 0 heterocycles. The van der Waals surface area contributed by atoms with Gasteiger partial charge in [0.05, 0.1) is 34.2 Å². The van der Waals surface area contributed by atoms with Gasteiger partial charge in [-0.05, 0) is 65.8 Å². The van der Waals surface area contributed by atoms with Gasteiger partial charge < -0.3 is 4.74 Å². The molecule has 9 heteroatoms. The third kappa shape index (κ3) is 8.83. The van der Waals surface area contributed by atoms with Gasteiger partial charge in [0.1, 0.15) is 0 Å². The summed E-state index contributed by atoms with van der Waals surface area (Å²) in [6.45, 7) is 11.0. The Hall–Kier alpha value is -1.78. The molecule has 33 heavy (non-hydrogen) atoms. The third-order valence-corrected chi connectivity index (χ3v) is 7.94. The molecule has 0 amide bonds. The molecule has 0 bridgehead atoms. The summed E-state index contributed by atoms with van der Waals surface area (Å²) >= 11 is 0. The molecule has 0 N–H and O–H groups in total. The van der Waals surface area contributed by atoms with Gasteiger partial charge in [0, 0.05) is 12.8 Å². The summed E-state index contributed by atoms with van der Waals surface area (Å²) < 4.78 is 66.2. The normalized spacial score (nSPS) is 13.3. The van der Waals surface area contributed by atoms with Crippen molar-refractivity contribution in [3.63, 3.8) is 0 Å². The highest BCUT2D eigenvalue weighted by Gasteiger charge is 2.29. The van der Waals surface area contributed by atoms with Crippen LogP contribution in [-0.2, 0) is 33.3 Å². The highest BCUT2D eigenvalue weighted by Crippen LogP contribution is 2.25. The summed E-state index contributed by atoms with van der Waals surface area (Å²) in [6.07, 6.45) is 0.658. The summed E-state index contributed by atoms with van der Waals surface area (Å²) in [7, 11) is -7.74. The fourth-order valence-corrected chi connectivity index (χ4v) is 5.06. The number of hydrogen-bond donors (Lipinski definition) is 0. The van der Waals surface area contributed by atoms with Gasteiger partial charge >= 0.3 is 0 Å². The first-order valence-corrected chi connectivity index (χ1v) is 13.6. The molecule has 0 aliphatic carbocycles. The summed E-state index contributed by atoms with van der Waals surface area (Å²) in [4.78, 5) is 0.217. The van der Waals surface area contributed by atoms with Gasteiger partial charge in [-0.2, -0.15) is 16.8 Å². The fourth-order valence-electron chi connectivity index (χ4n) is 2.91. The molecule has 0 radical (unpaired) electrons. The molecule has 0 spiro atoms. The van der Waals surface area contributed by atoms with Crippen molar-refractivity contribution in [3.05, 3.63) is 59.7 Å². The molecule has 7 nitrogen and oxygen atoms in total. The van der Waals surface area contributed by atoms with Gasteiger partial charge in [-0.25, -0.2) is 0 Å². The van der Waals surface area contributed by atoms with Gasteiger partial charge in [-0.1, -0.05) is 35.4 Å². The van der Waals surface area contributed by atoms with Crippen LogP contribution in [0.25, 0.3) is 0 Å². The van der Waals surface area contributed by atoms with Crippen LogP contribution >= 0.6 is 0 Å². The SMILES string of the molecule is Cc1ccc(S(=O)(=O)OCCC(C)(C)OCCC(C)(C)OS(=O)(=O)c2ccc(C)cc2)cc1. The van der Waals surface area contributed by atoms with Gasteiger partial charge in [0.2, 0.25) is 0 Å². The van der Waals surface area contributed by atoms with E-state index in [0.717, 1.165) is 11.1 Å². The van der Waals surface area contributed by atoms with Crippen LogP contribution in [0.4, 0.5) is 0 Å². The second-order valence-corrected chi connectivity index (χ2v) is 12.5. The minimum atomic E-state index is -3.90. The van der Waals surface area contributed by atoms with Crippen LogP contribution in [-0.4, -0.2) is 41.3 Å². The Morgan fingerprint density at radius 2 is 1.06 bits per heavy atom. The standard InChI is InChI=1S/C24H34O7S2/c1-19-7-11-21(12-8-19)32(25,26)30-18-16-23(3,4)29-17-15-24(5,6)31-33(27,28)22-13-9-20(2)10-14-22/h7-14H,15-18H2,1-6H3. The Kier molecular flexibility index (Phi) is 8.86. The van der Waals surface area contributed by atoms with Crippen molar-refractivity contribution in [2.45, 2.75) is 75.4 Å². The van der Waals surface area contributed by atoms with Crippen LogP contribution in [0.1, 0.15) is 51.7 Å². The van der Waals surface area contributed by atoms with Gasteiger partial charge in [-0.3, -0.25) is 8.37 Å². The predicted octanol–water partition coefficient (Wildman–Crippen LogP) is 4.77. The molecule has 0 saturated carbocycles. The molecule has 2 aromatic carbocycles. The zero-order valence-electron chi connectivity index (χ0n) is 20.1. The van der Waals surface area contributed by atoms with Crippen molar-refractivity contribution in [3.8, 4) is 0 Å². The van der Waals surface area contributed by atoms with E-state index in [0.29, 0.717) is 12.8 Å². The predicted molar refractivity (Wildman–Crippen MR) is 127 cm³/mol. The minimum absolute atomic E-state index is 0.0368. The third-order valence-electron chi connectivity index (χ3n) is 5.09. The van der Waals surface area contributed by atoms with E-state index in [9.17, 15) is 16.8 Å². The van der Waals surface area contributed by atoms with Crippen LogP contribution in [0, 0.1) is 13.8 Å². The van der Waals surface area contributed by atoms with E-state index in [4.69, 9.17) is 13.1 Å². The molecule has 184 valence electrons. The second-order valence-electron chi connectivity index (χ2n) is 9.31. The molecule has 0 aromatic heterocycles. The van der Waals surface area contributed by atoms with Gasteiger partial charge in [0.15, 0.2) is 0 Å². The van der Waals surface area contributed by atoms with E-state index in [1.807, 2.05) is 27.7 Å². The first-order chi connectivity index (χ1) is 15.1. The minimum Gasteiger partial charge on any atom is -0.375 e. The maximum Gasteiger partial charge on any atom is 0.297 e. The molecule has 0 fully saturated rings. The van der Waals surface area contributed by atoms with Crippen molar-refractivity contribution in [2.75, 3.05) is 13.2 Å². The van der Waals surface area contributed by atoms with Crippen molar-refractivity contribution in [1.82, 2.24) is 0 Å². The van der Waals surface area contributed by atoms with Crippen LogP contribution in [0.2, 0.25) is 0 Å². The van der Waals surface area contributed by atoms with Crippen molar-refractivity contribution in [1.29, 1.82) is 0 Å². The lowest BCUT2D eigenvalue weighted by atomic mass is 10.0. The van der Waals surface area contributed by atoms with Crippen molar-refractivity contribution < 1.29 is 29.9 Å². The molecular weight excluding hydrogens is 464 g/mol. The Morgan fingerprint density at radius 1 is 0.636 bits per heavy atom. The Labute approximate surface area is 198 Å². The lowest BCUT2D eigenvalue weighted by Crippen LogP contribution is -2.33. The number of rotatable bonds is 12.